The first-order chi connectivity index (χ1) is 14.9. The quantitative estimate of drug-likeness (QED) is 0.473. The van der Waals surface area contributed by atoms with Crippen molar-refractivity contribution in [2.75, 3.05) is 7.11 Å². The van der Waals surface area contributed by atoms with Crippen molar-refractivity contribution in [3.63, 3.8) is 0 Å². The minimum absolute atomic E-state index is 0.00720. The van der Waals surface area contributed by atoms with Gasteiger partial charge < -0.3 is 14.1 Å². The third-order valence-electron chi connectivity index (χ3n) is 5.03. The van der Waals surface area contributed by atoms with E-state index in [1.54, 1.807) is 30.3 Å². The molecule has 0 amide bonds. The number of benzene rings is 2. The van der Waals surface area contributed by atoms with Crippen molar-refractivity contribution in [2.24, 2.45) is 0 Å². The molecule has 0 aliphatic rings. The van der Waals surface area contributed by atoms with Crippen LogP contribution in [-0.2, 0) is 23.1 Å². The fraction of sp³-hybridized carbons (Fsp3) is 0.174. The standard InChI is InChI=1S/C23H22N2O5S/c1-16-5-6-17-13-18(23(26)24-22(17)12-16)14-25(15-20-4-3-11-30-20)31(27,28)21-9-7-19(29-2)8-10-21/h3-13H,14-15H2,1-2H3,(H,24,26). The van der Waals surface area contributed by atoms with E-state index in [1.807, 2.05) is 25.1 Å². The second kappa shape index (κ2) is 8.41. The molecule has 4 rings (SSSR count). The summed E-state index contributed by atoms with van der Waals surface area (Å²) >= 11 is 0. The average Bonchev–Trinajstić information content (AvgIpc) is 3.27. The molecule has 0 aliphatic heterocycles. The van der Waals surface area contributed by atoms with Crippen LogP contribution >= 0.6 is 0 Å². The lowest BCUT2D eigenvalue weighted by molar-refractivity contribution is 0.357. The summed E-state index contributed by atoms with van der Waals surface area (Å²) in [6.45, 7) is 1.83. The van der Waals surface area contributed by atoms with Crippen molar-refractivity contribution in [3.05, 3.63) is 94.2 Å². The highest BCUT2D eigenvalue weighted by Gasteiger charge is 2.27. The van der Waals surface area contributed by atoms with Gasteiger partial charge in [-0.2, -0.15) is 4.31 Å². The highest BCUT2D eigenvalue weighted by molar-refractivity contribution is 7.89. The van der Waals surface area contributed by atoms with Gasteiger partial charge in [-0.05, 0) is 66.4 Å². The van der Waals surface area contributed by atoms with E-state index in [0.29, 0.717) is 22.6 Å². The molecule has 1 N–H and O–H groups in total. The van der Waals surface area contributed by atoms with Gasteiger partial charge in [-0.25, -0.2) is 8.42 Å². The van der Waals surface area contributed by atoms with Crippen LogP contribution in [0.1, 0.15) is 16.9 Å². The maximum absolute atomic E-state index is 13.4. The number of rotatable bonds is 7. The first-order valence-electron chi connectivity index (χ1n) is 9.66. The number of aromatic amines is 1. The first-order valence-corrected chi connectivity index (χ1v) is 11.1. The lowest BCUT2D eigenvalue weighted by Gasteiger charge is -2.21. The molecule has 0 aliphatic carbocycles. The summed E-state index contributed by atoms with van der Waals surface area (Å²) in [5.41, 5.74) is 1.76. The monoisotopic (exact) mass is 438 g/mol. The second-order valence-electron chi connectivity index (χ2n) is 7.24. The lowest BCUT2D eigenvalue weighted by Crippen LogP contribution is -2.32. The average molecular weight is 439 g/mol. The Morgan fingerprint density at radius 3 is 2.48 bits per heavy atom. The molecule has 2 aromatic heterocycles. The van der Waals surface area contributed by atoms with E-state index in [1.165, 1.54) is 29.8 Å². The van der Waals surface area contributed by atoms with E-state index < -0.39 is 10.0 Å². The van der Waals surface area contributed by atoms with Crippen LogP contribution in [0.4, 0.5) is 0 Å². The molecule has 4 aromatic rings. The normalized spacial score (nSPS) is 11.8. The van der Waals surface area contributed by atoms with E-state index in [0.717, 1.165) is 10.9 Å². The molecule has 0 saturated carbocycles. The summed E-state index contributed by atoms with van der Waals surface area (Å²) < 4.78 is 38.6. The Hall–Kier alpha value is -3.36. The van der Waals surface area contributed by atoms with E-state index >= 15 is 0 Å². The Morgan fingerprint density at radius 2 is 1.81 bits per heavy atom. The van der Waals surface area contributed by atoms with Gasteiger partial charge in [0.05, 0.1) is 24.8 Å². The Bertz CT molecular complexity index is 1360. The third-order valence-corrected chi connectivity index (χ3v) is 6.84. The van der Waals surface area contributed by atoms with E-state index in [2.05, 4.69) is 4.98 Å². The number of nitrogens with one attached hydrogen (secondary N) is 1. The van der Waals surface area contributed by atoms with Gasteiger partial charge in [-0.3, -0.25) is 4.79 Å². The molecule has 0 bridgehead atoms. The van der Waals surface area contributed by atoms with Gasteiger partial charge in [-0.15, -0.1) is 0 Å². The predicted molar refractivity (Wildman–Crippen MR) is 117 cm³/mol. The van der Waals surface area contributed by atoms with Crippen LogP contribution in [-0.4, -0.2) is 24.8 Å². The van der Waals surface area contributed by atoms with Gasteiger partial charge in [0, 0.05) is 17.6 Å². The van der Waals surface area contributed by atoms with Crippen molar-refractivity contribution >= 4 is 20.9 Å². The van der Waals surface area contributed by atoms with Crippen LogP contribution < -0.4 is 10.3 Å². The number of hydrogen-bond donors (Lipinski definition) is 1. The van der Waals surface area contributed by atoms with Gasteiger partial charge in [0.25, 0.3) is 5.56 Å². The molecule has 160 valence electrons. The maximum atomic E-state index is 13.4. The van der Waals surface area contributed by atoms with Crippen molar-refractivity contribution in [1.29, 1.82) is 0 Å². The van der Waals surface area contributed by atoms with Crippen LogP contribution in [0.5, 0.6) is 5.75 Å². The summed E-state index contributed by atoms with van der Waals surface area (Å²) in [6, 6.07) is 17.0. The molecule has 8 heteroatoms. The fourth-order valence-corrected chi connectivity index (χ4v) is 4.75. The highest BCUT2D eigenvalue weighted by atomic mass is 32.2. The van der Waals surface area contributed by atoms with Crippen LogP contribution in [0, 0.1) is 6.92 Å². The summed E-state index contributed by atoms with van der Waals surface area (Å²) in [4.78, 5) is 15.7. The molecule has 0 unspecified atom stereocenters. The topological polar surface area (TPSA) is 92.6 Å². The van der Waals surface area contributed by atoms with Crippen molar-refractivity contribution < 1.29 is 17.6 Å². The summed E-state index contributed by atoms with van der Waals surface area (Å²) in [5, 5.41) is 0.833. The molecule has 0 radical (unpaired) electrons. The van der Waals surface area contributed by atoms with Gasteiger partial charge in [0.1, 0.15) is 11.5 Å². The number of hydrogen-bond acceptors (Lipinski definition) is 5. The molecule has 31 heavy (non-hydrogen) atoms. The molecular formula is C23H22N2O5S. The number of nitrogens with zero attached hydrogens (tertiary/aromatic N) is 1. The van der Waals surface area contributed by atoms with Gasteiger partial charge in [0.2, 0.25) is 10.0 Å². The Labute approximate surface area is 179 Å². The lowest BCUT2D eigenvalue weighted by atomic mass is 10.1. The highest BCUT2D eigenvalue weighted by Crippen LogP contribution is 2.23. The zero-order chi connectivity index (χ0) is 22.0. The third kappa shape index (κ3) is 4.40. The minimum atomic E-state index is -3.91. The van der Waals surface area contributed by atoms with Crippen LogP contribution in [0.25, 0.3) is 10.9 Å². The molecule has 0 saturated heterocycles. The minimum Gasteiger partial charge on any atom is -0.497 e. The van der Waals surface area contributed by atoms with E-state index in [9.17, 15) is 13.2 Å². The second-order valence-corrected chi connectivity index (χ2v) is 9.18. The number of methoxy groups -OCH3 is 1. The Balaban J connectivity index is 1.74. The van der Waals surface area contributed by atoms with Crippen molar-refractivity contribution in [1.82, 2.24) is 9.29 Å². The molecule has 0 fully saturated rings. The summed E-state index contributed by atoms with van der Waals surface area (Å²) in [5.74, 6) is 1.03. The first kappa shape index (κ1) is 20.9. The number of pyridine rings is 1. The van der Waals surface area contributed by atoms with Gasteiger partial charge in [0.15, 0.2) is 0 Å². The largest absolute Gasteiger partial charge is 0.497 e. The van der Waals surface area contributed by atoms with Crippen LogP contribution in [0.3, 0.4) is 0 Å². The molecule has 2 aromatic carbocycles. The number of furan rings is 1. The SMILES string of the molecule is COc1ccc(S(=O)(=O)N(Cc2ccco2)Cc2cc3ccc(C)cc3[nH]c2=O)cc1. The molecule has 7 nitrogen and oxygen atoms in total. The summed E-state index contributed by atoms with van der Waals surface area (Å²) in [7, 11) is -2.40. The molecule has 2 heterocycles. The number of aromatic nitrogens is 1. The number of aryl methyl sites for hydroxylation is 1. The predicted octanol–water partition coefficient (Wildman–Crippen LogP) is 3.83. The number of H-pyrrole nitrogens is 1. The smallest absolute Gasteiger partial charge is 0.252 e. The Kier molecular flexibility index (Phi) is 5.67. The fourth-order valence-electron chi connectivity index (χ4n) is 3.37. The zero-order valence-electron chi connectivity index (χ0n) is 17.2. The van der Waals surface area contributed by atoms with Crippen molar-refractivity contribution in [2.45, 2.75) is 24.9 Å². The Morgan fingerprint density at radius 1 is 1.03 bits per heavy atom. The van der Waals surface area contributed by atoms with Gasteiger partial charge >= 0.3 is 0 Å². The zero-order valence-corrected chi connectivity index (χ0v) is 18.0. The van der Waals surface area contributed by atoms with Gasteiger partial charge in [-0.1, -0.05) is 12.1 Å². The van der Waals surface area contributed by atoms with E-state index in [-0.39, 0.29) is 23.5 Å². The number of fused-ring (bicyclic) bond motifs is 1. The molecular weight excluding hydrogens is 416 g/mol. The molecule has 0 spiro atoms. The van der Waals surface area contributed by atoms with Crippen LogP contribution in [0.15, 0.2) is 81.0 Å². The van der Waals surface area contributed by atoms with Crippen molar-refractivity contribution in [3.8, 4) is 5.75 Å². The maximum Gasteiger partial charge on any atom is 0.252 e. The number of sulfonamides is 1. The number of ether oxygens (including phenoxy) is 1. The molecule has 0 atom stereocenters. The summed E-state index contributed by atoms with van der Waals surface area (Å²) in [6.07, 6.45) is 1.48. The van der Waals surface area contributed by atoms with Crippen LogP contribution in [0.2, 0.25) is 0 Å². The van der Waals surface area contributed by atoms with E-state index in [4.69, 9.17) is 9.15 Å².